The molecule has 3 aromatic rings. The van der Waals surface area contributed by atoms with Crippen molar-refractivity contribution < 1.29 is 19.1 Å². The number of benzene rings is 3. The minimum Gasteiger partial charge on any atom is -0.493 e. The lowest BCUT2D eigenvalue weighted by atomic mass is 10.1. The number of rotatable bonds is 7. The van der Waals surface area contributed by atoms with Gasteiger partial charge in [0.05, 0.1) is 23.0 Å². The minimum absolute atomic E-state index is 0.156. The van der Waals surface area contributed by atoms with Gasteiger partial charge in [0.25, 0.3) is 11.1 Å². The van der Waals surface area contributed by atoms with Crippen LogP contribution in [0.4, 0.5) is 4.79 Å². The fourth-order valence-corrected chi connectivity index (χ4v) is 5.31. The molecule has 0 N–H and O–H groups in total. The first kappa shape index (κ1) is 24.9. The number of methoxy groups -OCH3 is 1. The van der Waals surface area contributed by atoms with Crippen LogP contribution in [0.1, 0.15) is 16.7 Å². The van der Waals surface area contributed by atoms with Gasteiger partial charge in [0.2, 0.25) is 0 Å². The Hall–Kier alpha value is -2.26. The molecule has 0 aliphatic carbocycles. The second-order valence-electron chi connectivity index (χ2n) is 7.30. The van der Waals surface area contributed by atoms with Gasteiger partial charge in [-0.15, -0.1) is 0 Å². The molecule has 4 rings (SSSR count). The highest BCUT2D eigenvalue weighted by molar-refractivity contribution is 9.13. The van der Waals surface area contributed by atoms with Gasteiger partial charge in [-0.1, -0.05) is 54.1 Å². The Balaban J connectivity index is 1.59. The number of amides is 2. The number of hydrogen-bond donors (Lipinski definition) is 0. The maximum Gasteiger partial charge on any atom is 0.293 e. The summed E-state index contributed by atoms with van der Waals surface area (Å²) in [6.07, 6.45) is 1.67. The SMILES string of the molecule is COc1cc(/C=C2\SC(=O)N(Cc3cccc(Cl)c3)C2=O)c(Br)c(Br)c1OCc1ccccc1. The fraction of sp³-hybridized carbons (Fsp3) is 0.120. The van der Waals surface area contributed by atoms with E-state index < -0.39 is 0 Å². The van der Waals surface area contributed by atoms with Crippen molar-refractivity contribution in [3.05, 3.63) is 96.2 Å². The van der Waals surface area contributed by atoms with E-state index >= 15 is 0 Å². The fourth-order valence-electron chi connectivity index (χ4n) is 3.32. The lowest BCUT2D eigenvalue weighted by Gasteiger charge is -2.16. The third-order valence-corrected chi connectivity index (χ3v) is 8.28. The van der Waals surface area contributed by atoms with Crippen molar-refractivity contribution >= 4 is 72.4 Å². The maximum absolute atomic E-state index is 13.0. The molecule has 0 saturated carbocycles. The Morgan fingerprint density at radius 1 is 1.00 bits per heavy atom. The van der Waals surface area contributed by atoms with E-state index in [1.807, 2.05) is 36.4 Å². The standard InChI is InChI=1S/C25H18Br2ClNO4S/c1-32-19-11-17(21(26)22(27)23(19)33-14-15-6-3-2-4-7-15)12-20-24(30)29(25(31)34-20)13-16-8-5-9-18(28)10-16/h2-12H,13-14H2,1H3/b20-12-. The summed E-state index contributed by atoms with van der Waals surface area (Å²) < 4.78 is 12.9. The summed E-state index contributed by atoms with van der Waals surface area (Å²) in [5.74, 6) is 0.668. The summed E-state index contributed by atoms with van der Waals surface area (Å²) in [6.45, 7) is 0.521. The Kier molecular flexibility index (Phi) is 8.03. The molecule has 3 aromatic carbocycles. The van der Waals surface area contributed by atoms with Crippen LogP contribution in [0.2, 0.25) is 5.02 Å². The molecule has 34 heavy (non-hydrogen) atoms. The molecule has 1 fully saturated rings. The average molecular weight is 624 g/mol. The summed E-state index contributed by atoms with van der Waals surface area (Å²) in [7, 11) is 1.55. The number of imide groups is 1. The average Bonchev–Trinajstić information content (AvgIpc) is 3.09. The molecule has 0 spiro atoms. The molecular weight excluding hydrogens is 606 g/mol. The van der Waals surface area contributed by atoms with Crippen LogP contribution in [0.5, 0.6) is 11.5 Å². The Morgan fingerprint density at radius 2 is 1.74 bits per heavy atom. The second-order valence-corrected chi connectivity index (χ2v) is 10.3. The zero-order valence-electron chi connectivity index (χ0n) is 17.9. The van der Waals surface area contributed by atoms with Gasteiger partial charge in [-0.2, -0.15) is 0 Å². The third kappa shape index (κ3) is 5.51. The number of nitrogens with zero attached hydrogens (tertiary/aromatic N) is 1. The number of carbonyl (C=O) groups excluding carboxylic acids is 2. The minimum atomic E-state index is -0.360. The van der Waals surface area contributed by atoms with Crippen LogP contribution in [0.3, 0.4) is 0 Å². The van der Waals surface area contributed by atoms with Crippen LogP contribution >= 0.6 is 55.2 Å². The van der Waals surface area contributed by atoms with E-state index in [-0.39, 0.29) is 17.7 Å². The zero-order valence-corrected chi connectivity index (χ0v) is 22.6. The number of ether oxygens (including phenoxy) is 2. The van der Waals surface area contributed by atoms with Gasteiger partial charge >= 0.3 is 0 Å². The zero-order chi connectivity index (χ0) is 24.2. The molecule has 174 valence electrons. The van der Waals surface area contributed by atoms with Gasteiger partial charge in [0.1, 0.15) is 6.61 Å². The maximum atomic E-state index is 13.0. The van der Waals surface area contributed by atoms with E-state index in [0.29, 0.717) is 42.5 Å². The van der Waals surface area contributed by atoms with Crippen LogP contribution in [-0.4, -0.2) is 23.2 Å². The molecular formula is C25H18Br2ClNO4S. The number of thioether (sulfide) groups is 1. The molecule has 0 aromatic heterocycles. The van der Waals surface area contributed by atoms with Crippen molar-refractivity contribution in [2.24, 2.45) is 0 Å². The quantitative estimate of drug-likeness (QED) is 0.253. The van der Waals surface area contributed by atoms with Gasteiger partial charge in [0, 0.05) is 9.50 Å². The molecule has 1 aliphatic heterocycles. The first-order chi connectivity index (χ1) is 16.4. The van der Waals surface area contributed by atoms with Crippen molar-refractivity contribution in [1.29, 1.82) is 0 Å². The first-order valence-corrected chi connectivity index (χ1v) is 12.9. The molecule has 1 aliphatic rings. The molecule has 1 saturated heterocycles. The Morgan fingerprint density at radius 3 is 2.44 bits per heavy atom. The van der Waals surface area contributed by atoms with Crippen LogP contribution in [0, 0.1) is 0 Å². The molecule has 0 radical (unpaired) electrons. The summed E-state index contributed by atoms with van der Waals surface area (Å²) in [5, 5.41) is 0.219. The smallest absolute Gasteiger partial charge is 0.293 e. The van der Waals surface area contributed by atoms with E-state index in [0.717, 1.165) is 22.9 Å². The van der Waals surface area contributed by atoms with Crippen LogP contribution in [0.15, 0.2) is 74.5 Å². The second kappa shape index (κ2) is 11.0. The normalized spacial score (nSPS) is 14.7. The van der Waals surface area contributed by atoms with Gasteiger partial charge in [-0.3, -0.25) is 14.5 Å². The van der Waals surface area contributed by atoms with Crippen LogP contribution < -0.4 is 9.47 Å². The molecule has 0 bridgehead atoms. The van der Waals surface area contributed by atoms with Gasteiger partial charge in [-0.25, -0.2) is 0 Å². The number of carbonyl (C=O) groups is 2. The molecule has 0 unspecified atom stereocenters. The summed E-state index contributed by atoms with van der Waals surface area (Å²) >= 11 is 14.1. The molecule has 1 heterocycles. The highest BCUT2D eigenvalue weighted by Gasteiger charge is 2.35. The Bertz CT molecular complexity index is 1280. The third-order valence-electron chi connectivity index (χ3n) is 4.99. The monoisotopic (exact) mass is 621 g/mol. The van der Waals surface area contributed by atoms with E-state index in [1.54, 1.807) is 37.5 Å². The summed E-state index contributed by atoms with van der Waals surface area (Å²) in [4.78, 5) is 27.1. The van der Waals surface area contributed by atoms with Gasteiger partial charge in [-0.05, 0) is 84.6 Å². The molecule has 5 nitrogen and oxygen atoms in total. The van der Waals surface area contributed by atoms with Crippen molar-refractivity contribution in [3.63, 3.8) is 0 Å². The lowest BCUT2D eigenvalue weighted by Crippen LogP contribution is -2.27. The van der Waals surface area contributed by atoms with Crippen LogP contribution in [-0.2, 0) is 17.9 Å². The van der Waals surface area contributed by atoms with Crippen LogP contribution in [0.25, 0.3) is 6.08 Å². The highest BCUT2D eigenvalue weighted by Crippen LogP contribution is 2.45. The topological polar surface area (TPSA) is 55.8 Å². The number of halogens is 3. The largest absolute Gasteiger partial charge is 0.493 e. The predicted octanol–water partition coefficient (Wildman–Crippen LogP) is 7.69. The number of hydrogen-bond acceptors (Lipinski definition) is 5. The molecule has 2 amide bonds. The van der Waals surface area contributed by atoms with Crippen molar-refractivity contribution in [2.45, 2.75) is 13.2 Å². The van der Waals surface area contributed by atoms with Crippen molar-refractivity contribution in [2.75, 3.05) is 7.11 Å². The first-order valence-electron chi connectivity index (χ1n) is 10.1. The van der Waals surface area contributed by atoms with E-state index in [4.69, 9.17) is 21.1 Å². The van der Waals surface area contributed by atoms with E-state index in [1.165, 1.54) is 4.90 Å². The lowest BCUT2D eigenvalue weighted by molar-refractivity contribution is -0.123. The van der Waals surface area contributed by atoms with E-state index in [9.17, 15) is 9.59 Å². The Labute approximate surface area is 223 Å². The highest BCUT2D eigenvalue weighted by atomic mass is 79.9. The van der Waals surface area contributed by atoms with Gasteiger partial charge in [0.15, 0.2) is 11.5 Å². The summed E-state index contributed by atoms with van der Waals surface area (Å²) in [6, 6.07) is 18.7. The van der Waals surface area contributed by atoms with Crippen molar-refractivity contribution in [1.82, 2.24) is 4.90 Å². The van der Waals surface area contributed by atoms with E-state index in [2.05, 4.69) is 31.9 Å². The molecule has 9 heteroatoms. The van der Waals surface area contributed by atoms with Gasteiger partial charge < -0.3 is 9.47 Å². The summed E-state index contributed by atoms with van der Waals surface area (Å²) in [5.41, 5.74) is 2.47. The molecule has 0 atom stereocenters. The van der Waals surface area contributed by atoms with Crippen molar-refractivity contribution in [3.8, 4) is 11.5 Å². The predicted molar refractivity (Wildman–Crippen MR) is 142 cm³/mol.